The van der Waals surface area contributed by atoms with Gasteiger partial charge in [-0.15, -0.1) is 11.3 Å². The Morgan fingerprint density at radius 3 is 2.56 bits per heavy atom. The Kier molecular flexibility index (Phi) is 3.92. The third kappa shape index (κ3) is 3.05. The Balaban J connectivity index is 2.24. The van der Waals surface area contributed by atoms with E-state index in [0.717, 1.165) is 11.4 Å². The van der Waals surface area contributed by atoms with Crippen LogP contribution in [0.15, 0.2) is 35.7 Å². The van der Waals surface area contributed by atoms with E-state index < -0.39 is 0 Å². The number of nitrogens with one attached hydrogen (secondary N) is 1. The minimum atomic E-state index is 0.339. The van der Waals surface area contributed by atoms with Crippen molar-refractivity contribution >= 4 is 22.7 Å². The summed E-state index contributed by atoms with van der Waals surface area (Å²) in [5.41, 5.74) is 8.99. The van der Waals surface area contributed by atoms with Crippen molar-refractivity contribution < 1.29 is 0 Å². The Bertz CT molecular complexity index is 483. The molecule has 18 heavy (non-hydrogen) atoms. The van der Waals surface area contributed by atoms with E-state index in [1.807, 2.05) is 12.1 Å². The first kappa shape index (κ1) is 13.0. The molecule has 0 aliphatic heterocycles. The van der Waals surface area contributed by atoms with Gasteiger partial charge >= 0.3 is 0 Å². The van der Waals surface area contributed by atoms with Crippen molar-refractivity contribution in [2.24, 2.45) is 5.92 Å². The number of nitrogens with two attached hydrogens (primary N) is 1. The van der Waals surface area contributed by atoms with Crippen LogP contribution in [0.3, 0.4) is 0 Å². The average Bonchev–Trinajstić information content (AvgIpc) is 2.77. The number of benzene rings is 1. The van der Waals surface area contributed by atoms with Gasteiger partial charge in [0.1, 0.15) is 0 Å². The van der Waals surface area contributed by atoms with Gasteiger partial charge in [0.15, 0.2) is 0 Å². The third-order valence-electron chi connectivity index (χ3n) is 2.94. The molecule has 0 radical (unpaired) electrons. The molecule has 1 unspecified atom stereocenters. The van der Waals surface area contributed by atoms with Gasteiger partial charge in [0, 0.05) is 16.3 Å². The second-order valence-corrected chi connectivity index (χ2v) is 5.99. The molecule has 2 aromatic rings. The van der Waals surface area contributed by atoms with Gasteiger partial charge in [-0.2, -0.15) is 0 Å². The second kappa shape index (κ2) is 5.44. The topological polar surface area (TPSA) is 38.0 Å². The Labute approximate surface area is 113 Å². The van der Waals surface area contributed by atoms with E-state index in [9.17, 15) is 0 Å². The lowest BCUT2D eigenvalue weighted by Gasteiger charge is -2.23. The molecular formula is C15H20N2S. The molecule has 2 rings (SSSR count). The summed E-state index contributed by atoms with van der Waals surface area (Å²) in [6.45, 7) is 6.53. The molecule has 0 saturated carbocycles. The first-order chi connectivity index (χ1) is 8.56. The molecule has 0 amide bonds. The molecule has 0 fully saturated rings. The molecule has 1 heterocycles. The summed E-state index contributed by atoms with van der Waals surface area (Å²) in [6, 6.07) is 10.7. The maximum atomic E-state index is 5.89. The molecule has 0 spiro atoms. The summed E-state index contributed by atoms with van der Waals surface area (Å²) in [6.07, 6.45) is 0. The summed E-state index contributed by atoms with van der Waals surface area (Å²) >= 11 is 1.79. The number of nitrogen functional groups attached to an aromatic ring is 1. The van der Waals surface area contributed by atoms with Crippen molar-refractivity contribution in [3.8, 4) is 0 Å². The summed E-state index contributed by atoms with van der Waals surface area (Å²) in [5, 5.41) is 5.71. The molecule has 3 heteroatoms. The standard InChI is InChI=1S/C15H20N2S/c1-10(2)15(14-5-4-6-18-14)17-13-8-11(3)7-12(16)9-13/h4-10,15,17H,16H2,1-3H3. The van der Waals surface area contributed by atoms with Crippen molar-refractivity contribution in [3.63, 3.8) is 0 Å². The lowest BCUT2D eigenvalue weighted by molar-refractivity contribution is 0.554. The van der Waals surface area contributed by atoms with Gasteiger partial charge in [-0.3, -0.25) is 0 Å². The van der Waals surface area contributed by atoms with Gasteiger partial charge in [0.25, 0.3) is 0 Å². The first-order valence-corrected chi connectivity index (χ1v) is 7.11. The Morgan fingerprint density at radius 1 is 1.22 bits per heavy atom. The van der Waals surface area contributed by atoms with Gasteiger partial charge in [-0.25, -0.2) is 0 Å². The van der Waals surface area contributed by atoms with Crippen molar-refractivity contribution in [2.75, 3.05) is 11.1 Å². The van der Waals surface area contributed by atoms with E-state index in [1.54, 1.807) is 11.3 Å². The van der Waals surface area contributed by atoms with Gasteiger partial charge in [-0.1, -0.05) is 19.9 Å². The van der Waals surface area contributed by atoms with Crippen molar-refractivity contribution in [1.82, 2.24) is 0 Å². The van der Waals surface area contributed by atoms with Crippen LogP contribution in [0.4, 0.5) is 11.4 Å². The minimum Gasteiger partial charge on any atom is -0.399 e. The second-order valence-electron chi connectivity index (χ2n) is 5.01. The molecule has 0 bridgehead atoms. The average molecular weight is 260 g/mol. The molecule has 1 aromatic carbocycles. The van der Waals surface area contributed by atoms with E-state index in [4.69, 9.17) is 5.73 Å². The maximum absolute atomic E-state index is 5.89. The molecular weight excluding hydrogens is 240 g/mol. The van der Waals surface area contributed by atoms with Gasteiger partial charge < -0.3 is 11.1 Å². The largest absolute Gasteiger partial charge is 0.399 e. The van der Waals surface area contributed by atoms with E-state index in [1.165, 1.54) is 10.4 Å². The zero-order valence-electron chi connectivity index (χ0n) is 11.1. The summed E-state index contributed by atoms with van der Waals surface area (Å²) < 4.78 is 0. The van der Waals surface area contributed by atoms with Gasteiger partial charge in [0.2, 0.25) is 0 Å². The van der Waals surface area contributed by atoms with Crippen LogP contribution in [0.1, 0.15) is 30.3 Å². The number of hydrogen-bond acceptors (Lipinski definition) is 3. The maximum Gasteiger partial charge on any atom is 0.0629 e. The molecule has 1 atom stereocenters. The zero-order valence-corrected chi connectivity index (χ0v) is 11.9. The van der Waals surface area contributed by atoms with Gasteiger partial charge in [-0.05, 0) is 48.1 Å². The quantitative estimate of drug-likeness (QED) is 0.797. The van der Waals surface area contributed by atoms with E-state index in [-0.39, 0.29) is 0 Å². The Hall–Kier alpha value is -1.48. The van der Waals surface area contributed by atoms with Crippen molar-refractivity contribution in [2.45, 2.75) is 26.8 Å². The zero-order chi connectivity index (χ0) is 13.1. The summed E-state index contributed by atoms with van der Waals surface area (Å²) in [7, 11) is 0. The molecule has 2 nitrogen and oxygen atoms in total. The third-order valence-corrected chi connectivity index (χ3v) is 3.89. The highest BCUT2D eigenvalue weighted by Crippen LogP contribution is 2.30. The fourth-order valence-electron chi connectivity index (χ4n) is 2.11. The normalized spacial score (nSPS) is 12.7. The van der Waals surface area contributed by atoms with Crippen molar-refractivity contribution in [1.29, 1.82) is 0 Å². The van der Waals surface area contributed by atoms with Crippen LogP contribution in [0.25, 0.3) is 0 Å². The number of hydrogen-bond donors (Lipinski definition) is 2. The van der Waals surface area contributed by atoms with Crippen LogP contribution in [0, 0.1) is 12.8 Å². The summed E-state index contributed by atoms with van der Waals surface area (Å²) in [5.74, 6) is 0.533. The molecule has 0 saturated heterocycles. The van der Waals surface area contributed by atoms with Crippen molar-refractivity contribution in [3.05, 3.63) is 46.2 Å². The first-order valence-electron chi connectivity index (χ1n) is 6.23. The fourth-order valence-corrected chi connectivity index (χ4v) is 3.06. The smallest absolute Gasteiger partial charge is 0.0629 e. The number of anilines is 2. The van der Waals surface area contributed by atoms with Crippen LogP contribution in [0.2, 0.25) is 0 Å². The SMILES string of the molecule is Cc1cc(N)cc(NC(c2cccs2)C(C)C)c1. The predicted molar refractivity (Wildman–Crippen MR) is 81.1 cm³/mol. The fraction of sp³-hybridized carbons (Fsp3) is 0.333. The van der Waals surface area contributed by atoms with Crippen LogP contribution in [-0.2, 0) is 0 Å². The lowest BCUT2D eigenvalue weighted by Crippen LogP contribution is -2.15. The van der Waals surface area contributed by atoms with Crippen LogP contribution in [0.5, 0.6) is 0 Å². The highest BCUT2D eigenvalue weighted by molar-refractivity contribution is 7.10. The Morgan fingerprint density at radius 2 is 2.00 bits per heavy atom. The monoisotopic (exact) mass is 260 g/mol. The number of aryl methyl sites for hydroxylation is 1. The predicted octanol–water partition coefficient (Wildman–Crippen LogP) is 4.45. The van der Waals surface area contributed by atoms with Crippen LogP contribution in [-0.4, -0.2) is 0 Å². The summed E-state index contributed by atoms with van der Waals surface area (Å²) in [4.78, 5) is 1.37. The minimum absolute atomic E-state index is 0.339. The van der Waals surface area contributed by atoms with Crippen LogP contribution < -0.4 is 11.1 Å². The lowest BCUT2D eigenvalue weighted by atomic mass is 10.0. The molecule has 96 valence electrons. The number of thiophene rings is 1. The van der Waals surface area contributed by atoms with E-state index in [2.05, 4.69) is 49.7 Å². The van der Waals surface area contributed by atoms with E-state index in [0.29, 0.717) is 12.0 Å². The van der Waals surface area contributed by atoms with Crippen LogP contribution >= 0.6 is 11.3 Å². The highest BCUT2D eigenvalue weighted by atomic mass is 32.1. The molecule has 0 aliphatic carbocycles. The molecule has 1 aromatic heterocycles. The highest BCUT2D eigenvalue weighted by Gasteiger charge is 2.16. The number of rotatable bonds is 4. The molecule has 3 N–H and O–H groups in total. The van der Waals surface area contributed by atoms with Gasteiger partial charge in [0.05, 0.1) is 6.04 Å². The van der Waals surface area contributed by atoms with E-state index >= 15 is 0 Å². The molecule has 0 aliphatic rings.